The molecule has 8 atom stereocenters. The maximum absolute atomic E-state index is 13.1. The number of rotatable bonds is 5. The summed E-state index contributed by atoms with van der Waals surface area (Å²) in [5.74, 6) is -2.10. The van der Waals surface area contributed by atoms with Crippen molar-refractivity contribution in [2.45, 2.75) is 71.2 Å². The Kier molecular flexibility index (Phi) is 5.09. The molecular formula is C19H24I2NO6-. The monoisotopic (exact) mass is 616 g/mol. The predicted octanol–water partition coefficient (Wildman–Crippen LogP) is -1.29. The Hall–Kier alpha value is -0.170. The van der Waals surface area contributed by atoms with E-state index >= 15 is 0 Å². The van der Waals surface area contributed by atoms with Crippen molar-refractivity contribution in [1.29, 1.82) is 0 Å². The minimum atomic E-state index is -0.549. The van der Waals surface area contributed by atoms with E-state index in [9.17, 15) is 14.4 Å². The standard InChI is InChI=1S/C19H24I2NO6/c1-19(5-3-2-4-6-19)28-17(24)11-9-7-8-10(11)16(23)26-13(8)14(9)27-18(25)12(20)15-21-22-15/h8-15,22H,2-7H2,1H3/q-1. The topological polar surface area (TPSA) is 101 Å². The van der Waals surface area contributed by atoms with Crippen LogP contribution in [-0.2, 0) is 28.6 Å². The molecule has 9 heteroatoms. The van der Waals surface area contributed by atoms with Gasteiger partial charge in [0.25, 0.3) is 0 Å². The molecule has 0 radical (unpaired) electrons. The molecule has 0 spiro atoms. The van der Waals surface area contributed by atoms with Gasteiger partial charge in [-0.15, -0.1) is 0 Å². The molecule has 28 heavy (non-hydrogen) atoms. The van der Waals surface area contributed by atoms with Gasteiger partial charge in [-0.25, -0.2) is 0 Å². The normalized spacial score (nSPS) is 43.6. The summed E-state index contributed by atoms with van der Waals surface area (Å²) in [5, 5.41) is 0. The Bertz CT molecular complexity index is 707. The number of hydrogen-bond acceptors (Lipinski definition) is 7. The Balaban J connectivity index is 1.33. The zero-order valence-electron chi connectivity index (χ0n) is 15.6. The molecule has 5 aliphatic rings. The molecule has 5 fully saturated rings. The molecule has 2 saturated heterocycles. The molecule has 156 valence electrons. The third kappa shape index (κ3) is 3.27. The van der Waals surface area contributed by atoms with Crippen LogP contribution in [0, 0.1) is 23.7 Å². The van der Waals surface area contributed by atoms with Gasteiger partial charge in [0.2, 0.25) is 0 Å². The van der Waals surface area contributed by atoms with Crippen molar-refractivity contribution in [2.75, 3.05) is 0 Å². The fraction of sp³-hybridized carbons (Fsp3) is 0.842. The Labute approximate surface area is 188 Å². The van der Waals surface area contributed by atoms with E-state index in [0.29, 0.717) is 6.42 Å². The summed E-state index contributed by atoms with van der Waals surface area (Å²) in [6.45, 7) is 2.00. The van der Waals surface area contributed by atoms with Crippen LogP contribution in [0.2, 0.25) is 0 Å². The van der Waals surface area contributed by atoms with Crippen molar-refractivity contribution in [3.05, 3.63) is 0 Å². The molecule has 0 aromatic heterocycles. The summed E-state index contributed by atoms with van der Waals surface area (Å²) >= 11 is 2.03. The van der Waals surface area contributed by atoms with E-state index in [1.807, 2.05) is 6.92 Å². The Morgan fingerprint density at radius 3 is 2.68 bits per heavy atom. The molecule has 8 unspecified atom stereocenters. The number of esters is 3. The second kappa shape index (κ2) is 7.21. The SMILES string of the molecule is CC1(OC(=O)C2C3CC4C(OC(=O)C42)C3OC(=O)C(I)C2N[I-]2)CCCCC1. The van der Waals surface area contributed by atoms with E-state index in [4.69, 9.17) is 14.2 Å². The number of ether oxygens (including phenoxy) is 3. The minimum absolute atomic E-state index is 0.0360. The van der Waals surface area contributed by atoms with Gasteiger partial charge in [0.05, 0.1) is 0 Å². The van der Waals surface area contributed by atoms with Crippen LogP contribution in [0.5, 0.6) is 0 Å². The number of alkyl halides is 2. The average Bonchev–Trinajstić information content (AvgIpc) is 3.28. The molecule has 0 aromatic carbocycles. The van der Waals surface area contributed by atoms with Crippen LogP contribution in [0.15, 0.2) is 0 Å². The Morgan fingerprint density at radius 2 is 2.00 bits per heavy atom. The second-order valence-corrected chi connectivity index (χ2v) is 12.8. The van der Waals surface area contributed by atoms with Gasteiger partial charge in [-0.3, -0.25) is 0 Å². The molecule has 2 heterocycles. The van der Waals surface area contributed by atoms with Crippen LogP contribution in [0.4, 0.5) is 0 Å². The van der Waals surface area contributed by atoms with Gasteiger partial charge >= 0.3 is 183 Å². The molecule has 2 aliphatic heterocycles. The fourth-order valence-corrected chi connectivity index (χ4v) is 8.75. The first-order chi connectivity index (χ1) is 13.4. The first-order valence-corrected chi connectivity index (χ1v) is 13.6. The van der Waals surface area contributed by atoms with Crippen molar-refractivity contribution in [1.82, 2.24) is 3.53 Å². The first-order valence-electron chi connectivity index (χ1n) is 10.0. The van der Waals surface area contributed by atoms with Gasteiger partial charge in [0.15, 0.2) is 0 Å². The van der Waals surface area contributed by atoms with Crippen molar-refractivity contribution in [3.63, 3.8) is 0 Å². The number of carbonyl (C=O) groups is 3. The summed E-state index contributed by atoms with van der Waals surface area (Å²) < 4.78 is 20.6. The quantitative estimate of drug-likeness (QED) is 0.0781. The zero-order chi connectivity index (χ0) is 19.6. The summed E-state index contributed by atoms with van der Waals surface area (Å²) in [4.78, 5) is 38.2. The molecule has 3 saturated carbocycles. The average molecular weight is 616 g/mol. The Morgan fingerprint density at radius 1 is 1.29 bits per heavy atom. The zero-order valence-corrected chi connectivity index (χ0v) is 19.9. The number of carbonyl (C=O) groups excluding carboxylic acids is 3. The first kappa shape index (κ1) is 19.8. The molecule has 1 N–H and O–H groups in total. The van der Waals surface area contributed by atoms with Gasteiger partial charge < -0.3 is 0 Å². The van der Waals surface area contributed by atoms with Crippen LogP contribution in [0.25, 0.3) is 0 Å². The van der Waals surface area contributed by atoms with Crippen molar-refractivity contribution in [2.24, 2.45) is 23.7 Å². The van der Waals surface area contributed by atoms with E-state index in [2.05, 4.69) is 26.1 Å². The number of fused-ring (bicyclic) bond motifs is 1. The van der Waals surface area contributed by atoms with E-state index < -0.39 is 29.6 Å². The molecule has 0 aromatic rings. The number of halogens is 2. The van der Waals surface area contributed by atoms with Gasteiger partial charge in [0, 0.05) is 0 Å². The summed E-state index contributed by atoms with van der Waals surface area (Å²) in [6, 6.07) is 0. The number of nitrogens with one attached hydrogen (secondary N) is 1. The molecule has 0 amide bonds. The third-order valence-electron chi connectivity index (χ3n) is 7.05. The molecular weight excluding hydrogens is 592 g/mol. The number of hydrogen-bond donors (Lipinski definition) is 1. The summed E-state index contributed by atoms with van der Waals surface area (Å²) in [6.07, 6.45) is 4.79. The van der Waals surface area contributed by atoms with Crippen LogP contribution < -0.4 is 25.0 Å². The predicted molar refractivity (Wildman–Crippen MR) is 101 cm³/mol. The van der Waals surface area contributed by atoms with Crippen LogP contribution in [-0.4, -0.2) is 43.7 Å². The maximum atomic E-state index is 13.1. The van der Waals surface area contributed by atoms with Gasteiger partial charge in [-0.05, 0) is 0 Å². The van der Waals surface area contributed by atoms with Gasteiger partial charge in [-0.2, -0.15) is 0 Å². The van der Waals surface area contributed by atoms with Gasteiger partial charge in [0.1, 0.15) is 0 Å². The van der Waals surface area contributed by atoms with Crippen molar-refractivity contribution in [3.8, 4) is 0 Å². The van der Waals surface area contributed by atoms with Crippen molar-refractivity contribution >= 4 is 40.5 Å². The third-order valence-corrected chi connectivity index (χ3v) is 11.7. The summed E-state index contributed by atoms with van der Waals surface area (Å²) in [5.41, 5.74) is -0.445. The molecule has 5 rings (SSSR count). The van der Waals surface area contributed by atoms with E-state index in [-0.39, 0.29) is 59.2 Å². The molecule has 2 bridgehead atoms. The van der Waals surface area contributed by atoms with E-state index in [1.54, 1.807) is 0 Å². The fourth-order valence-electron chi connectivity index (χ4n) is 5.65. The van der Waals surface area contributed by atoms with Crippen LogP contribution >= 0.6 is 22.6 Å². The molecule has 3 aliphatic carbocycles. The van der Waals surface area contributed by atoms with Crippen LogP contribution in [0.3, 0.4) is 0 Å². The summed E-state index contributed by atoms with van der Waals surface area (Å²) in [7, 11) is 0. The van der Waals surface area contributed by atoms with E-state index in [1.165, 1.54) is 6.42 Å². The van der Waals surface area contributed by atoms with Crippen LogP contribution in [0.1, 0.15) is 45.4 Å². The van der Waals surface area contributed by atoms with Crippen molar-refractivity contribution < 1.29 is 50.1 Å². The van der Waals surface area contributed by atoms with E-state index in [0.717, 1.165) is 25.7 Å². The van der Waals surface area contributed by atoms with Gasteiger partial charge in [-0.1, -0.05) is 6.42 Å². The second-order valence-electron chi connectivity index (χ2n) is 8.87. The molecule has 7 nitrogen and oxygen atoms in total.